The van der Waals surface area contributed by atoms with Gasteiger partial charge in [0.1, 0.15) is 5.60 Å². The molecule has 1 aliphatic heterocycles. The fourth-order valence-corrected chi connectivity index (χ4v) is 4.35. The van der Waals surface area contributed by atoms with Gasteiger partial charge in [-0.1, -0.05) is 13.8 Å². The summed E-state index contributed by atoms with van der Waals surface area (Å²) in [5, 5.41) is 10.5. The lowest BCUT2D eigenvalue weighted by atomic mass is 9.70. The summed E-state index contributed by atoms with van der Waals surface area (Å²) in [6.45, 7) is 6.19. The van der Waals surface area contributed by atoms with Gasteiger partial charge in [0, 0.05) is 5.92 Å². The van der Waals surface area contributed by atoms with Gasteiger partial charge in [0.05, 0.1) is 7.11 Å². The van der Waals surface area contributed by atoms with E-state index in [1.165, 1.54) is 7.11 Å². The van der Waals surface area contributed by atoms with Crippen molar-refractivity contribution in [2.75, 3.05) is 7.11 Å². The highest BCUT2D eigenvalue weighted by Gasteiger charge is 2.75. The molecule has 5 nitrogen and oxygen atoms in total. The highest BCUT2D eigenvalue weighted by atomic mass is 16.6. The summed E-state index contributed by atoms with van der Waals surface area (Å²) in [7, 11) is 1.18. The lowest BCUT2D eigenvalue weighted by molar-refractivity contribution is -0.175. The van der Waals surface area contributed by atoms with Crippen LogP contribution in [-0.2, 0) is 19.1 Å². The molecule has 2 aliphatic carbocycles. The van der Waals surface area contributed by atoms with Gasteiger partial charge in [-0.2, -0.15) is 0 Å². The molecule has 0 radical (unpaired) electrons. The third-order valence-corrected chi connectivity index (χ3v) is 5.78. The molecule has 2 saturated carbocycles. The number of carbonyl (C=O) groups excluding carboxylic acids is 2. The topological polar surface area (TPSA) is 72.8 Å². The highest BCUT2D eigenvalue weighted by Crippen LogP contribution is 2.70. The number of esters is 2. The fraction of sp³-hybridized carbons (Fsp3) is 0.857. The second-order valence-electron chi connectivity index (χ2n) is 6.99. The van der Waals surface area contributed by atoms with Crippen LogP contribution >= 0.6 is 0 Å². The van der Waals surface area contributed by atoms with E-state index in [9.17, 15) is 14.7 Å². The molecule has 106 valence electrons. The Kier molecular flexibility index (Phi) is 2.25. The van der Waals surface area contributed by atoms with Gasteiger partial charge in [0.25, 0.3) is 5.60 Å². The van der Waals surface area contributed by atoms with Crippen LogP contribution in [0.2, 0.25) is 0 Å². The third kappa shape index (κ3) is 1.34. The first kappa shape index (κ1) is 12.9. The van der Waals surface area contributed by atoms with E-state index in [4.69, 9.17) is 4.74 Å². The molecule has 19 heavy (non-hydrogen) atoms. The zero-order valence-corrected chi connectivity index (χ0v) is 11.7. The summed E-state index contributed by atoms with van der Waals surface area (Å²) in [6, 6.07) is 0. The van der Waals surface area contributed by atoms with Gasteiger partial charge in [-0.3, -0.25) is 0 Å². The van der Waals surface area contributed by atoms with Crippen LogP contribution in [0.4, 0.5) is 0 Å². The number of aliphatic hydroxyl groups is 1. The molecule has 0 spiro atoms. The van der Waals surface area contributed by atoms with Crippen molar-refractivity contribution in [3.63, 3.8) is 0 Å². The minimum atomic E-state index is -2.13. The van der Waals surface area contributed by atoms with E-state index < -0.39 is 29.1 Å². The van der Waals surface area contributed by atoms with Crippen molar-refractivity contribution >= 4 is 11.9 Å². The Hall–Kier alpha value is -1.10. The normalized spacial score (nSPS) is 49.9. The van der Waals surface area contributed by atoms with Crippen molar-refractivity contribution in [1.29, 1.82) is 0 Å². The van der Waals surface area contributed by atoms with Crippen molar-refractivity contribution in [1.82, 2.24) is 0 Å². The zero-order chi connectivity index (χ0) is 14.2. The summed E-state index contributed by atoms with van der Waals surface area (Å²) in [4.78, 5) is 23.8. The van der Waals surface area contributed by atoms with Crippen LogP contribution in [0.15, 0.2) is 0 Å². The molecule has 5 heteroatoms. The maximum Gasteiger partial charge on any atom is 0.351 e. The van der Waals surface area contributed by atoms with Crippen LogP contribution in [-0.4, -0.2) is 35.4 Å². The number of fused-ring (bicyclic) bond motifs is 2. The molecule has 0 amide bonds. The number of hydrogen-bond acceptors (Lipinski definition) is 5. The van der Waals surface area contributed by atoms with E-state index in [1.807, 2.05) is 6.92 Å². The second-order valence-corrected chi connectivity index (χ2v) is 6.99. The molecule has 1 heterocycles. The Morgan fingerprint density at radius 2 is 2.00 bits per heavy atom. The van der Waals surface area contributed by atoms with Crippen LogP contribution in [0.3, 0.4) is 0 Å². The van der Waals surface area contributed by atoms with E-state index in [2.05, 4.69) is 18.6 Å². The van der Waals surface area contributed by atoms with Gasteiger partial charge in [-0.05, 0) is 37.0 Å². The van der Waals surface area contributed by atoms with Crippen molar-refractivity contribution in [3.8, 4) is 0 Å². The van der Waals surface area contributed by atoms with Gasteiger partial charge in [0.2, 0.25) is 0 Å². The van der Waals surface area contributed by atoms with Gasteiger partial charge in [-0.25, -0.2) is 9.59 Å². The Balaban J connectivity index is 1.98. The summed E-state index contributed by atoms with van der Waals surface area (Å²) in [6.07, 6.45) is 1.34. The summed E-state index contributed by atoms with van der Waals surface area (Å²) in [5.74, 6) is -1.32. The molecule has 3 fully saturated rings. The fourth-order valence-electron chi connectivity index (χ4n) is 4.35. The molecule has 0 bridgehead atoms. The first-order valence-corrected chi connectivity index (χ1v) is 6.72. The van der Waals surface area contributed by atoms with Crippen molar-refractivity contribution in [2.45, 2.75) is 44.8 Å². The van der Waals surface area contributed by atoms with E-state index in [0.717, 1.165) is 0 Å². The average molecular weight is 268 g/mol. The zero-order valence-electron chi connectivity index (χ0n) is 11.7. The molecular formula is C14H20O5. The maximum absolute atomic E-state index is 12.0. The Bertz CT molecular complexity index is 470. The smallest absolute Gasteiger partial charge is 0.351 e. The lowest BCUT2D eigenvalue weighted by Gasteiger charge is -2.35. The van der Waals surface area contributed by atoms with Gasteiger partial charge in [0.15, 0.2) is 0 Å². The molecule has 1 N–H and O–H groups in total. The van der Waals surface area contributed by atoms with Gasteiger partial charge >= 0.3 is 11.9 Å². The Labute approximate surface area is 112 Å². The van der Waals surface area contributed by atoms with Gasteiger partial charge < -0.3 is 14.6 Å². The van der Waals surface area contributed by atoms with Crippen LogP contribution in [0, 0.1) is 23.2 Å². The molecule has 0 unspecified atom stereocenters. The maximum atomic E-state index is 12.0. The highest BCUT2D eigenvalue weighted by molar-refractivity contribution is 6.05. The van der Waals surface area contributed by atoms with E-state index in [-0.39, 0.29) is 5.41 Å². The molecule has 0 aromatic rings. The largest absolute Gasteiger partial charge is 0.466 e. The summed E-state index contributed by atoms with van der Waals surface area (Å²) in [5.41, 5.74) is -2.68. The predicted molar refractivity (Wildman–Crippen MR) is 64.9 cm³/mol. The van der Waals surface area contributed by atoms with Crippen LogP contribution < -0.4 is 0 Å². The predicted octanol–water partition coefficient (Wildman–Crippen LogP) is 0.888. The number of hydrogen-bond donors (Lipinski definition) is 1. The molecular weight excluding hydrogens is 248 g/mol. The van der Waals surface area contributed by atoms with E-state index >= 15 is 0 Å². The first-order chi connectivity index (χ1) is 8.68. The van der Waals surface area contributed by atoms with E-state index in [1.54, 1.807) is 0 Å². The standard InChI is InChI=1S/C14H20O5/c1-12(2)7-5-9-13(3,6-8(7)12)19-11(16)14(9,17)10(15)18-4/h7-9,17H,5-6H2,1-4H3/t7-,8+,9-,13+,14-/m1/s1. The third-order valence-electron chi connectivity index (χ3n) is 5.78. The SMILES string of the molecule is COC(=O)[C@@]1(O)C(=O)O[C@@]2(C)C[C@H]3[C@@H](C[C@@H]12)C3(C)C. The van der Waals surface area contributed by atoms with Crippen LogP contribution in [0.1, 0.15) is 33.6 Å². The van der Waals surface area contributed by atoms with Crippen LogP contribution in [0.25, 0.3) is 0 Å². The Morgan fingerprint density at radius 3 is 2.58 bits per heavy atom. The minimum Gasteiger partial charge on any atom is -0.466 e. The monoisotopic (exact) mass is 268 g/mol. The first-order valence-electron chi connectivity index (χ1n) is 6.72. The van der Waals surface area contributed by atoms with Crippen molar-refractivity contribution < 1.29 is 24.2 Å². The average Bonchev–Trinajstić information content (AvgIpc) is 2.77. The second kappa shape index (κ2) is 3.32. The number of methoxy groups -OCH3 is 1. The molecule has 3 aliphatic rings. The number of ether oxygens (including phenoxy) is 2. The van der Waals surface area contributed by atoms with E-state index in [0.29, 0.717) is 24.7 Å². The number of carbonyl (C=O) groups is 2. The molecule has 0 aromatic heterocycles. The molecule has 0 aromatic carbocycles. The quantitative estimate of drug-likeness (QED) is 0.565. The summed E-state index contributed by atoms with van der Waals surface area (Å²) < 4.78 is 10.0. The molecule has 3 rings (SSSR count). The Morgan fingerprint density at radius 1 is 1.37 bits per heavy atom. The number of rotatable bonds is 1. The summed E-state index contributed by atoms with van der Waals surface area (Å²) >= 11 is 0. The lowest BCUT2D eigenvalue weighted by Crippen LogP contribution is -2.53. The van der Waals surface area contributed by atoms with Gasteiger partial charge in [-0.15, -0.1) is 0 Å². The van der Waals surface area contributed by atoms with Crippen molar-refractivity contribution in [3.05, 3.63) is 0 Å². The van der Waals surface area contributed by atoms with Crippen molar-refractivity contribution in [2.24, 2.45) is 23.2 Å². The molecule has 1 saturated heterocycles. The van der Waals surface area contributed by atoms with Crippen LogP contribution in [0.5, 0.6) is 0 Å². The minimum absolute atomic E-state index is 0.205. The molecule has 5 atom stereocenters.